The van der Waals surface area contributed by atoms with E-state index in [9.17, 15) is 14.7 Å². The van der Waals surface area contributed by atoms with Crippen molar-refractivity contribution in [2.75, 3.05) is 13.6 Å². The predicted octanol–water partition coefficient (Wildman–Crippen LogP) is -0.161. The molecule has 4 atom stereocenters. The molecule has 1 saturated heterocycles. The van der Waals surface area contributed by atoms with Crippen LogP contribution in [-0.4, -0.2) is 57.2 Å². The third-order valence-electron chi connectivity index (χ3n) is 5.45. The van der Waals surface area contributed by atoms with Gasteiger partial charge in [-0.2, -0.15) is 0 Å². The topological polar surface area (TPSA) is 87.5 Å². The molecule has 1 aliphatic carbocycles. The van der Waals surface area contributed by atoms with Crippen molar-refractivity contribution in [2.24, 2.45) is 11.3 Å². The van der Waals surface area contributed by atoms with Gasteiger partial charge in [-0.1, -0.05) is 13.8 Å². The summed E-state index contributed by atoms with van der Waals surface area (Å²) in [6.45, 7) is 5.29. The summed E-state index contributed by atoms with van der Waals surface area (Å²) in [5.74, 6) is 0.249. The molecule has 24 heavy (non-hydrogen) atoms. The largest absolute Gasteiger partial charge is 0.391 e. The monoisotopic (exact) mass is 334 g/mol. The molecule has 3 rings (SSSR count). The maximum absolute atomic E-state index is 12.2. The molecular weight excluding hydrogens is 308 g/mol. The molecular formula is C17H26N4O3. The smallest absolute Gasteiger partial charge is 0.347 e. The lowest BCUT2D eigenvalue weighted by Gasteiger charge is -2.57. The lowest BCUT2D eigenvalue weighted by atomic mass is 9.66. The summed E-state index contributed by atoms with van der Waals surface area (Å²) in [5.41, 5.74) is -0.359. The summed E-state index contributed by atoms with van der Waals surface area (Å²) in [7, 11) is 2.11. The fraction of sp³-hybridized carbons (Fsp3) is 0.706. The second-order valence-electron chi connectivity index (χ2n) is 7.65. The highest BCUT2D eigenvalue weighted by Gasteiger charge is 2.58. The first-order valence-electron chi connectivity index (χ1n) is 8.51. The van der Waals surface area contributed by atoms with E-state index in [1.807, 2.05) is 0 Å². The van der Waals surface area contributed by atoms with E-state index in [1.54, 1.807) is 6.07 Å². The Morgan fingerprint density at radius 1 is 1.50 bits per heavy atom. The number of aliphatic hydroxyl groups excluding tert-OH is 1. The summed E-state index contributed by atoms with van der Waals surface area (Å²) in [5, 5.41) is 13.3. The highest BCUT2D eigenvalue weighted by Crippen LogP contribution is 2.52. The molecule has 0 aromatic carbocycles. The zero-order chi connectivity index (χ0) is 17.5. The fourth-order valence-electron chi connectivity index (χ4n) is 4.91. The van der Waals surface area contributed by atoms with E-state index in [0.717, 1.165) is 19.4 Å². The van der Waals surface area contributed by atoms with Gasteiger partial charge in [0, 0.05) is 30.4 Å². The third kappa shape index (κ3) is 2.98. The van der Waals surface area contributed by atoms with Crippen LogP contribution in [0.4, 0.5) is 0 Å². The summed E-state index contributed by atoms with van der Waals surface area (Å²) in [6, 6.07) is 1.81. The summed E-state index contributed by atoms with van der Waals surface area (Å²) in [4.78, 5) is 29.8. The number of aliphatic hydroxyl groups is 1. The van der Waals surface area contributed by atoms with Gasteiger partial charge in [0.2, 0.25) is 5.91 Å². The van der Waals surface area contributed by atoms with Crippen molar-refractivity contribution < 1.29 is 9.90 Å². The molecule has 7 heteroatoms. The highest BCUT2D eigenvalue weighted by atomic mass is 16.3. The molecule has 2 heterocycles. The van der Waals surface area contributed by atoms with Crippen LogP contribution in [0.1, 0.15) is 26.7 Å². The van der Waals surface area contributed by atoms with Gasteiger partial charge in [0.05, 0.1) is 12.1 Å². The van der Waals surface area contributed by atoms with Crippen molar-refractivity contribution in [3.63, 3.8) is 0 Å². The molecule has 0 bridgehead atoms. The summed E-state index contributed by atoms with van der Waals surface area (Å²) in [6.07, 6.45) is 3.92. The van der Waals surface area contributed by atoms with E-state index in [0.29, 0.717) is 12.0 Å². The first-order chi connectivity index (χ1) is 11.3. The number of carbonyl (C=O) groups is 1. The minimum absolute atomic E-state index is 0.0730. The van der Waals surface area contributed by atoms with E-state index < -0.39 is 11.8 Å². The van der Waals surface area contributed by atoms with Gasteiger partial charge in [-0.15, -0.1) is 0 Å². The Hall–Kier alpha value is -1.73. The average Bonchev–Trinajstić information content (AvgIpc) is 2.78. The van der Waals surface area contributed by atoms with E-state index in [2.05, 4.69) is 36.1 Å². The number of nitrogens with zero attached hydrogens (tertiary/aromatic N) is 3. The quantitative estimate of drug-likeness (QED) is 0.799. The van der Waals surface area contributed by atoms with Crippen LogP contribution in [0.5, 0.6) is 0 Å². The number of hydrogen-bond acceptors (Lipinski definition) is 5. The molecule has 1 saturated carbocycles. The van der Waals surface area contributed by atoms with Gasteiger partial charge >= 0.3 is 5.69 Å². The highest BCUT2D eigenvalue weighted by molar-refractivity contribution is 5.76. The molecule has 2 unspecified atom stereocenters. The average molecular weight is 334 g/mol. The van der Waals surface area contributed by atoms with Gasteiger partial charge in [-0.05, 0) is 31.9 Å². The predicted molar refractivity (Wildman–Crippen MR) is 89.4 cm³/mol. The van der Waals surface area contributed by atoms with Crippen molar-refractivity contribution in [3.05, 3.63) is 28.9 Å². The molecule has 1 aromatic heterocycles. The number of likely N-dealkylation sites (tertiary alicyclic amines) is 1. The van der Waals surface area contributed by atoms with Crippen molar-refractivity contribution in [1.82, 2.24) is 19.8 Å². The standard InChI is InChI=1S/C17H26N4O3/c1-11(2)15-17(10-20(15)3)7-12(13(22)8-17)19-14(23)9-21-6-4-5-18-16(21)24/h4-6,11-13,15,22H,7-10H2,1-3H3,(H,19,23)/t12-,13-,15?,17?/m1/s1. The number of aromatic nitrogens is 2. The lowest BCUT2D eigenvalue weighted by molar-refractivity contribution is -0.123. The normalized spacial score (nSPS) is 33.0. The van der Waals surface area contributed by atoms with Crippen LogP contribution in [0, 0.1) is 11.3 Å². The van der Waals surface area contributed by atoms with Gasteiger partial charge < -0.3 is 15.3 Å². The lowest BCUT2D eigenvalue weighted by Crippen LogP contribution is -2.64. The Morgan fingerprint density at radius 2 is 2.25 bits per heavy atom. The van der Waals surface area contributed by atoms with E-state index in [1.165, 1.54) is 17.0 Å². The van der Waals surface area contributed by atoms with Gasteiger partial charge in [0.15, 0.2) is 0 Å². The SMILES string of the molecule is CC(C)C1N(C)CC12C[C@@H](O)[C@H](NC(=O)Cn1cccnc1=O)C2. The van der Waals surface area contributed by atoms with Crippen LogP contribution in [-0.2, 0) is 11.3 Å². The Balaban J connectivity index is 1.63. The Bertz CT molecular complexity index is 669. The molecule has 1 amide bonds. The minimum atomic E-state index is -0.533. The van der Waals surface area contributed by atoms with E-state index >= 15 is 0 Å². The zero-order valence-electron chi connectivity index (χ0n) is 14.5. The van der Waals surface area contributed by atoms with Crippen molar-refractivity contribution in [2.45, 2.75) is 51.4 Å². The van der Waals surface area contributed by atoms with Crippen molar-refractivity contribution >= 4 is 5.91 Å². The Labute approximate surface area is 141 Å². The maximum atomic E-state index is 12.2. The first-order valence-corrected chi connectivity index (χ1v) is 8.51. The molecule has 2 fully saturated rings. The number of carbonyl (C=O) groups excluding carboxylic acids is 1. The number of rotatable bonds is 4. The van der Waals surface area contributed by atoms with Crippen LogP contribution >= 0.6 is 0 Å². The second kappa shape index (κ2) is 6.29. The second-order valence-corrected chi connectivity index (χ2v) is 7.65. The van der Waals surface area contributed by atoms with Gasteiger partial charge in [0.1, 0.15) is 6.54 Å². The minimum Gasteiger partial charge on any atom is -0.391 e. The van der Waals surface area contributed by atoms with Gasteiger partial charge in [-0.25, -0.2) is 9.78 Å². The van der Waals surface area contributed by atoms with Crippen LogP contribution in [0.25, 0.3) is 0 Å². The third-order valence-corrected chi connectivity index (χ3v) is 5.45. The van der Waals surface area contributed by atoms with Crippen LogP contribution in [0.15, 0.2) is 23.3 Å². The Morgan fingerprint density at radius 3 is 2.88 bits per heavy atom. The van der Waals surface area contributed by atoms with E-state index in [4.69, 9.17) is 0 Å². The molecule has 1 aliphatic heterocycles. The Kier molecular flexibility index (Phi) is 4.48. The molecule has 132 valence electrons. The number of amides is 1. The molecule has 1 aromatic rings. The van der Waals surface area contributed by atoms with Crippen LogP contribution in [0.2, 0.25) is 0 Å². The van der Waals surface area contributed by atoms with Crippen LogP contribution < -0.4 is 11.0 Å². The molecule has 0 radical (unpaired) electrons. The zero-order valence-corrected chi connectivity index (χ0v) is 14.5. The number of nitrogens with one attached hydrogen (secondary N) is 1. The first kappa shape index (κ1) is 17.1. The van der Waals surface area contributed by atoms with Crippen molar-refractivity contribution in [3.8, 4) is 0 Å². The number of hydrogen-bond donors (Lipinski definition) is 2. The molecule has 1 spiro atoms. The molecule has 2 aliphatic rings. The van der Waals surface area contributed by atoms with Gasteiger partial charge in [0.25, 0.3) is 0 Å². The molecule has 7 nitrogen and oxygen atoms in total. The van der Waals surface area contributed by atoms with Crippen LogP contribution in [0.3, 0.4) is 0 Å². The van der Waals surface area contributed by atoms with E-state index in [-0.39, 0.29) is 23.9 Å². The summed E-state index contributed by atoms with van der Waals surface area (Å²) < 4.78 is 1.26. The maximum Gasteiger partial charge on any atom is 0.347 e. The van der Waals surface area contributed by atoms with Gasteiger partial charge in [-0.3, -0.25) is 9.36 Å². The van der Waals surface area contributed by atoms with Crippen molar-refractivity contribution in [1.29, 1.82) is 0 Å². The molecule has 2 N–H and O–H groups in total. The fourth-order valence-corrected chi connectivity index (χ4v) is 4.91. The summed E-state index contributed by atoms with van der Waals surface area (Å²) >= 11 is 0.